The second-order valence-corrected chi connectivity index (χ2v) is 5.54. The van der Waals surface area contributed by atoms with E-state index in [1.54, 1.807) is 13.0 Å². The van der Waals surface area contributed by atoms with Crippen molar-refractivity contribution in [3.63, 3.8) is 0 Å². The highest BCUT2D eigenvalue weighted by molar-refractivity contribution is 6.42. The van der Waals surface area contributed by atoms with E-state index in [2.05, 4.69) is 4.98 Å². The Bertz CT molecular complexity index is 885. The summed E-state index contributed by atoms with van der Waals surface area (Å²) in [6.07, 6.45) is 3.76. The van der Waals surface area contributed by atoms with Crippen LogP contribution in [0, 0.1) is 0 Å². The molecule has 23 heavy (non-hydrogen) atoms. The SMILES string of the molecule is Bc1c(-[n+]2ccccc2)c(C(=O)OCC)nc2ccc(Cl)cc12. The lowest BCUT2D eigenvalue weighted by atomic mass is 9.88. The minimum Gasteiger partial charge on any atom is -0.461 e. The van der Waals surface area contributed by atoms with Crippen molar-refractivity contribution in [2.24, 2.45) is 0 Å². The Hall–Kier alpha value is -2.40. The quantitative estimate of drug-likeness (QED) is 0.417. The van der Waals surface area contributed by atoms with E-state index >= 15 is 0 Å². The molecule has 1 aromatic carbocycles. The van der Waals surface area contributed by atoms with Gasteiger partial charge in [0.05, 0.1) is 12.1 Å². The zero-order valence-corrected chi connectivity index (χ0v) is 13.7. The van der Waals surface area contributed by atoms with Crippen molar-refractivity contribution in [3.8, 4) is 5.69 Å². The molecule has 6 heteroatoms. The number of halogens is 1. The summed E-state index contributed by atoms with van der Waals surface area (Å²) < 4.78 is 7.05. The minimum atomic E-state index is -0.432. The largest absolute Gasteiger partial charge is 0.461 e. The highest BCUT2D eigenvalue weighted by Gasteiger charge is 2.26. The van der Waals surface area contributed by atoms with Gasteiger partial charge in [-0.25, -0.2) is 9.78 Å². The summed E-state index contributed by atoms with van der Waals surface area (Å²) in [6, 6.07) is 11.2. The van der Waals surface area contributed by atoms with E-state index in [1.165, 1.54) is 0 Å². The zero-order chi connectivity index (χ0) is 16.4. The Balaban J connectivity index is 2.35. The van der Waals surface area contributed by atoms with Gasteiger partial charge in [-0.1, -0.05) is 17.7 Å². The molecule has 0 bridgehead atoms. The first-order chi connectivity index (χ1) is 11.1. The van der Waals surface area contributed by atoms with E-state index in [0.717, 1.165) is 16.4 Å². The molecule has 2 heterocycles. The summed E-state index contributed by atoms with van der Waals surface area (Å²) in [6.45, 7) is 2.08. The van der Waals surface area contributed by atoms with Crippen LogP contribution in [0.3, 0.4) is 0 Å². The molecule has 3 rings (SSSR count). The van der Waals surface area contributed by atoms with E-state index < -0.39 is 5.97 Å². The molecule has 0 saturated heterocycles. The van der Waals surface area contributed by atoms with Crippen LogP contribution in [0.25, 0.3) is 16.6 Å². The molecule has 0 aliphatic rings. The molecule has 0 fully saturated rings. The summed E-state index contributed by atoms with van der Waals surface area (Å²) >= 11 is 6.11. The van der Waals surface area contributed by atoms with Gasteiger partial charge in [-0.15, -0.1) is 0 Å². The fourth-order valence-electron chi connectivity index (χ4n) is 2.59. The molecule has 0 amide bonds. The summed E-state index contributed by atoms with van der Waals surface area (Å²) in [5.41, 5.74) is 2.65. The van der Waals surface area contributed by atoms with E-state index in [-0.39, 0.29) is 0 Å². The Morgan fingerprint density at radius 2 is 2.04 bits per heavy atom. The first kappa shape index (κ1) is 15.5. The molecule has 2 aromatic heterocycles. The van der Waals surface area contributed by atoms with Crippen molar-refractivity contribution < 1.29 is 14.1 Å². The topological polar surface area (TPSA) is 43.1 Å². The fourth-order valence-corrected chi connectivity index (χ4v) is 2.76. The number of hydrogen-bond acceptors (Lipinski definition) is 3. The number of carbonyl (C=O) groups excluding carboxylic acids is 1. The molecule has 0 radical (unpaired) electrons. The number of carbonyl (C=O) groups is 1. The number of pyridine rings is 2. The van der Waals surface area contributed by atoms with Crippen molar-refractivity contribution in [2.45, 2.75) is 6.92 Å². The molecule has 0 atom stereocenters. The summed E-state index contributed by atoms with van der Waals surface area (Å²) in [5.74, 6) is -0.432. The number of fused-ring (bicyclic) bond motifs is 1. The van der Waals surface area contributed by atoms with Gasteiger partial charge in [-0.3, -0.25) is 0 Å². The Morgan fingerprint density at radius 3 is 2.74 bits per heavy atom. The van der Waals surface area contributed by atoms with Crippen LogP contribution in [0.5, 0.6) is 0 Å². The van der Waals surface area contributed by atoms with Crippen molar-refractivity contribution in [2.75, 3.05) is 6.61 Å². The first-order valence-corrected chi connectivity index (χ1v) is 7.73. The smallest absolute Gasteiger partial charge is 0.363 e. The Kier molecular flexibility index (Phi) is 4.30. The van der Waals surface area contributed by atoms with E-state index in [1.807, 2.05) is 55.1 Å². The fraction of sp³-hybridized carbons (Fsp3) is 0.118. The van der Waals surface area contributed by atoms with Crippen LogP contribution in [-0.4, -0.2) is 25.4 Å². The van der Waals surface area contributed by atoms with Gasteiger partial charge in [-0.2, -0.15) is 4.57 Å². The number of ether oxygens (including phenoxy) is 1. The highest BCUT2D eigenvalue weighted by Crippen LogP contribution is 2.19. The third-order valence-electron chi connectivity index (χ3n) is 3.62. The van der Waals surface area contributed by atoms with Crippen LogP contribution in [-0.2, 0) is 4.74 Å². The number of aromatic nitrogens is 2. The van der Waals surface area contributed by atoms with Crippen LogP contribution >= 0.6 is 11.6 Å². The van der Waals surface area contributed by atoms with Gasteiger partial charge >= 0.3 is 5.97 Å². The maximum Gasteiger partial charge on any atom is 0.363 e. The molecule has 0 saturated carbocycles. The van der Waals surface area contributed by atoms with Gasteiger partial charge in [-0.05, 0) is 30.6 Å². The van der Waals surface area contributed by atoms with Crippen LogP contribution < -0.4 is 10.0 Å². The monoisotopic (exact) mass is 325 g/mol. The van der Waals surface area contributed by atoms with E-state index in [0.29, 0.717) is 23.0 Å². The number of hydrogen-bond donors (Lipinski definition) is 0. The number of benzene rings is 1. The second-order valence-electron chi connectivity index (χ2n) is 5.10. The molecule has 0 unspecified atom stereocenters. The molecule has 0 aliphatic heterocycles. The Labute approximate surface area is 140 Å². The van der Waals surface area contributed by atoms with Crippen LogP contribution in [0.4, 0.5) is 0 Å². The van der Waals surface area contributed by atoms with Gasteiger partial charge in [0, 0.05) is 22.5 Å². The molecular formula is C17H15BClN2O2+. The number of esters is 1. The van der Waals surface area contributed by atoms with Crippen LogP contribution in [0.2, 0.25) is 5.02 Å². The third-order valence-corrected chi connectivity index (χ3v) is 3.85. The maximum absolute atomic E-state index is 12.4. The standard InChI is InChI=1S/C17H15BClN2O2/c1-2-23-17(22)15-16(21-8-4-3-5-9-21)14(18)12-10-11(19)6-7-13(12)20-15/h3-10H,2,18H2,1H3/q+1. The maximum atomic E-state index is 12.4. The predicted molar refractivity (Wildman–Crippen MR) is 92.4 cm³/mol. The zero-order valence-electron chi connectivity index (χ0n) is 12.9. The van der Waals surface area contributed by atoms with Crippen molar-refractivity contribution in [1.82, 2.24) is 4.98 Å². The number of rotatable bonds is 3. The van der Waals surface area contributed by atoms with Crippen LogP contribution in [0.15, 0.2) is 48.8 Å². The van der Waals surface area contributed by atoms with Gasteiger partial charge in [0.2, 0.25) is 11.4 Å². The molecule has 4 nitrogen and oxygen atoms in total. The summed E-state index contributed by atoms with van der Waals surface area (Å²) in [7, 11) is 1.96. The van der Waals surface area contributed by atoms with Gasteiger partial charge < -0.3 is 4.74 Å². The minimum absolute atomic E-state index is 0.301. The third kappa shape index (κ3) is 2.92. The molecule has 114 valence electrons. The van der Waals surface area contributed by atoms with E-state index in [4.69, 9.17) is 16.3 Å². The molecule has 0 aliphatic carbocycles. The number of nitrogens with zero attached hydrogens (tertiary/aromatic N) is 2. The van der Waals surface area contributed by atoms with Crippen molar-refractivity contribution >= 4 is 41.8 Å². The lowest BCUT2D eigenvalue weighted by molar-refractivity contribution is -0.595. The average molecular weight is 326 g/mol. The van der Waals surface area contributed by atoms with Gasteiger partial charge in [0.15, 0.2) is 12.4 Å². The van der Waals surface area contributed by atoms with Crippen molar-refractivity contribution in [1.29, 1.82) is 0 Å². The average Bonchev–Trinajstić information content (AvgIpc) is 2.56. The first-order valence-electron chi connectivity index (χ1n) is 7.35. The molecule has 3 aromatic rings. The Morgan fingerprint density at radius 1 is 1.30 bits per heavy atom. The second kappa shape index (κ2) is 6.38. The highest BCUT2D eigenvalue weighted by atomic mass is 35.5. The summed E-state index contributed by atoms with van der Waals surface area (Å²) in [5, 5.41) is 1.55. The molecule has 0 spiro atoms. The van der Waals surface area contributed by atoms with Gasteiger partial charge in [0.25, 0.3) is 0 Å². The predicted octanol–water partition coefficient (Wildman–Crippen LogP) is 1.60. The van der Waals surface area contributed by atoms with Gasteiger partial charge in [0.1, 0.15) is 7.85 Å². The molecule has 0 N–H and O–H groups in total. The summed E-state index contributed by atoms with van der Waals surface area (Å²) in [4.78, 5) is 16.9. The normalized spacial score (nSPS) is 10.7. The molecular weight excluding hydrogens is 310 g/mol. The van der Waals surface area contributed by atoms with Crippen LogP contribution in [0.1, 0.15) is 17.4 Å². The lowest BCUT2D eigenvalue weighted by Gasteiger charge is -2.10. The van der Waals surface area contributed by atoms with E-state index in [9.17, 15) is 4.79 Å². The van der Waals surface area contributed by atoms with Crippen molar-refractivity contribution in [3.05, 3.63) is 59.5 Å². The lowest BCUT2D eigenvalue weighted by Crippen LogP contribution is -2.39.